The second-order valence-electron chi connectivity index (χ2n) is 4.56. The fraction of sp³-hybridized carbons (Fsp3) is 0.818. The Morgan fingerprint density at radius 1 is 1.29 bits per heavy atom. The molecule has 1 aliphatic heterocycles. The summed E-state index contributed by atoms with van der Waals surface area (Å²) < 4.78 is 11.4. The summed E-state index contributed by atoms with van der Waals surface area (Å²) in [4.78, 5) is 0. The van der Waals surface area contributed by atoms with Crippen molar-refractivity contribution < 1.29 is 9.47 Å². The van der Waals surface area contributed by atoms with E-state index in [1.165, 1.54) is 12.8 Å². The van der Waals surface area contributed by atoms with Crippen LogP contribution < -0.4 is 0 Å². The Kier molecular flexibility index (Phi) is 2.31. The molecule has 2 bridgehead atoms. The van der Waals surface area contributed by atoms with Gasteiger partial charge in [-0.15, -0.1) is 11.6 Å². The SMILES string of the molecule is ClC[C@H]1CO[C@@H]([C@H]2C[C@@H]3C=C[C@@H]2C3)O1. The van der Waals surface area contributed by atoms with E-state index < -0.39 is 0 Å². The van der Waals surface area contributed by atoms with E-state index in [1.807, 2.05) is 0 Å². The number of hydrogen-bond acceptors (Lipinski definition) is 2. The van der Waals surface area contributed by atoms with Crippen molar-refractivity contribution in [3.8, 4) is 0 Å². The largest absolute Gasteiger partial charge is 0.350 e. The molecule has 0 aromatic carbocycles. The molecule has 2 fully saturated rings. The molecule has 0 amide bonds. The van der Waals surface area contributed by atoms with Crippen LogP contribution in [0.1, 0.15) is 12.8 Å². The molecule has 14 heavy (non-hydrogen) atoms. The van der Waals surface area contributed by atoms with Crippen molar-refractivity contribution in [1.29, 1.82) is 0 Å². The molecule has 2 aliphatic carbocycles. The molecule has 1 heterocycles. The minimum absolute atomic E-state index is 0.0127. The first-order valence-electron chi connectivity index (χ1n) is 5.38. The molecule has 3 rings (SSSR count). The molecule has 3 heteroatoms. The van der Waals surface area contributed by atoms with E-state index in [2.05, 4.69) is 12.2 Å². The zero-order valence-corrected chi connectivity index (χ0v) is 8.82. The highest BCUT2D eigenvalue weighted by Crippen LogP contribution is 2.46. The highest BCUT2D eigenvalue weighted by molar-refractivity contribution is 6.18. The minimum Gasteiger partial charge on any atom is -0.350 e. The molecule has 0 radical (unpaired) electrons. The summed E-state index contributed by atoms with van der Waals surface area (Å²) in [5, 5.41) is 0. The number of ether oxygens (including phenoxy) is 2. The Bertz CT molecular complexity index is 254. The van der Waals surface area contributed by atoms with E-state index in [0.717, 1.165) is 5.92 Å². The third-order valence-corrected chi connectivity index (χ3v) is 3.97. The van der Waals surface area contributed by atoms with Crippen molar-refractivity contribution in [3.63, 3.8) is 0 Å². The molecule has 0 unspecified atom stereocenters. The molecule has 0 spiro atoms. The van der Waals surface area contributed by atoms with Gasteiger partial charge >= 0.3 is 0 Å². The maximum absolute atomic E-state index is 5.76. The average molecular weight is 215 g/mol. The van der Waals surface area contributed by atoms with Gasteiger partial charge in [0.25, 0.3) is 0 Å². The van der Waals surface area contributed by atoms with Gasteiger partial charge in [-0.3, -0.25) is 0 Å². The van der Waals surface area contributed by atoms with Gasteiger partial charge in [0.1, 0.15) is 0 Å². The Balaban J connectivity index is 1.65. The Morgan fingerprint density at radius 2 is 2.21 bits per heavy atom. The summed E-state index contributed by atoms with van der Waals surface area (Å²) in [6.07, 6.45) is 7.35. The predicted molar refractivity (Wildman–Crippen MR) is 54.2 cm³/mol. The number of hydrogen-bond donors (Lipinski definition) is 0. The smallest absolute Gasteiger partial charge is 0.161 e. The maximum atomic E-state index is 5.76. The second-order valence-corrected chi connectivity index (χ2v) is 4.87. The lowest BCUT2D eigenvalue weighted by Gasteiger charge is -2.23. The lowest BCUT2D eigenvalue weighted by Crippen LogP contribution is -2.26. The van der Waals surface area contributed by atoms with Crippen LogP contribution >= 0.6 is 11.6 Å². The first-order chi connectivity index (χ1) is 6.86. The van der Waals surface area contributed by atoms with Gasteiger partial charge in [0.05, 0.1) is 18.6 Å². The van der Waals surface area contributed by atoms with Gasteiger partial charge in [0.2, 0.25) is 0 Å². The van der Waals surface area contributed by atoms with E-state index in [1.54, 1.807) is 0 Å². The quantitative estimate of drug-likeness (QED) is 0.518. The molecule has 2 nitrogen and oxygen atoms in total. The van der Waals surface area contributed by atoms with Crippen molar-refractivity contribution in [2.75, 3.05) is 12.5 Å². The van der Waals surface area contributed by atoms with E-state index in [0.29, 0.717) is 24.3 Å². The van der Waals surface area contributed by atoms with Crippen molar-refractivity contribution in [3.05, 3.63) is 12.2 Å². The fourth-order valence-electron chi connectivity index (χ4n) is 2.91. The van der Waals surface area contributed by atoms with Gasteiger partial charge in [-0.05, 0) is 24.7 Å². The van der Waals surface area contributed by atoms with Crippen molar-refractivity contribution in [1.82, 2.24) is 0 Å². The number of rotatable bonds is 2. The summed E-state index contributed by atoms with van der Waals surface area (Å²) in [7, 11) is 0. The molecular formula is C11H15ClO2. The van der Waals surface area contributed by atoms with Crippen LogP contribution in [0.5, 0.6) is 0 Å². The highest BCUT2D eigenvalue weighted by atomic mass is 35.5. The molecule has 78 valence electrons. The number of alkyl halides is 1. The van der Waals surface area contributed by atoms with Crippen molar-refractivity contribution in [2.45, 2.75) is 25.2 Å². The van der Waals surface area contributed by atoms with Crippen LogP contribution in [0.3, 0.4) is 0 Å². The third-order valence-electron chi connectivity index (χ3n) is 3.62. The molecule has 1 saturated heterocycles. The summed E-state index contributed by atoms with van der Waals surface area (Å²) in [6.45, 7) is 0.672. The maximum Gasteiger partial charge on any atom is 0.161 e. The van der Waals surface area contributed by atoms with E-state index in [-0.39, 0.29) is 12.4 Å². The second kappa shape index (κ2) is 3.51. The minimum atomic E-state index is 0.0127. The van der Waals surface area contributed by atoms with Gasteiger partial charge in [-0.1, -0.05) is 12.2 Å². The molecule has 0 aromatic heterocycles. The summed E-state index contributed by atoms with van der Waals surface area (Å²) in [5.41, 5.74) is 0. The van der Waals surface area contributed by atoms with Gasteiger partial charge in [-0.2, -0.15) is 0 Å². The van der Waals surface area contributed by atoms with Crippen LogP contribution in [0, 0.1) is 17.8 Å². The summed E-state index contributed by atoms with van der Waals surface area (Å²) in [6, 6.07) is 0. The lowest BCUT2D eigenvalue weighted by molar-refractivity contribution is -0.1000. The zero-order valence-electron chi connectivity index (χ0n) is 8.06. The van der Waals surface area contributed by atoms with Crippen molar-refractivity contribution in [2.24, 2.45) is 17.8 Å². The van der Waals surface area contributed by atoms with Crippen LogP contribution in [0.15, 0.2) is 12.2 Å². The molecule has 3 aliphatic rings. The summed E-state index contributed by atoms with van der Waals surface area (Å²) >= 11 is 5.74. The summed E-state index contributed by atoms with van der Waals surface area (Å²) in [5.74, 6) is 2.61. The van der Waals surface area contributed by atoms with Gasteiger partial charge < -0.3 is 9.47 Å². The van der Waals surface area contributed by atoms with Crippen LogP contribution in [-0.4, -0.2) is 24.9 Å². The molecule has 0 N–H and O–H groups in total. The standard InChI is InChI=1S/C11H15ClO2/c12-5-9-6-13-11(14-9)10-4-7-1-2-8(10)3-7/h1-2,7-11H,3-6H2/t7-,8-,9+,10+,11-/m1/s1. The molecule has 5 atom stereocenters. The highest BCUT2D eigenvalue weighted by Gasteiger charge is 2.43. The van der Waals surface area contributed by atoms with E-state index >= 15 is 0 Å². The monoisotopic (exact) mass is 214 g/mol. The Labute approximate surface area is 89.2 Å². The van der Waals surface area contributed by atoms with E-state index in [4.69, 9.17) is 21.1 Å². The first kappa shape index (κ1) is 9.20. The average Bonchev–Trinajstić information content (AvgIpc) is 2.93. The number of fused-ring (bicyclic) bond motifs is 2. The molecular weight excluding hydrogens is 200 g/mol. The lowest BCUT2D eigenvalue weighted by atomic mass is 9.93. The Hall–Kier alpha value is -0.0500. The number of allylic oxidation sites excluding steroid dienone is 2. The molecule has 0 aromatic rings. The zero-order chi connectivity index (χ0) is 9.54. The van der Waals surface area contributed by atoms with Gasteiger partial charge in [0, 0.05) is 5.92 Å². The topological polar surface area (TPSA) is 18.5 Å². The third kappa shape index (κ3) is 1.40. The molecule has 1 saturated carbocycles. The Morgan fingerprint density at radius 3 is 2.79 bits per heavy atom. The van der Waals surface area contributed by atoms with Crippen LogP contribution in [0.4, 0.5) is 0 Å². The van der Waals surface area contributed by atoms with E-state index in [9.17, 15) is 0 Å². The van der Waals surface area contributed by atoms with Gasteiger partial charge in [-0.25, -0.2) is 0 Å². The first-order valence-corrected chi connectivity index (χ1v) is 5.91. The van der Waals surface area contributed by atoms with Crippen LogP contribution in [-0.2, 0) is 9.47 Å². The van der Waals surface area contributed by atoms with Gasteiger partial charge in [0.15, 0.2) is 6.29 Å². The normalized spacial score (nSPS) is 50.5. The van der Waals surface area contributed by atoms with Crippen LogP contribution in [0.2, 0.25) is 0 Å². The fourth-order valence-corrected chi connectivity index (χ4v) is 3.07. The predicted octanol–water partition coefficient (Wildman–Crippen LogP) is 2.18. The van der Waals surface area contributed by atoms with Crippen molar-refractivity contribution >= 4 is 11.6 Å². The van der Waals surface area contributed by atoms with Crippen LogP contribution in [0.25, 0.3) is 0 Å². The number of halogens is 1.